The molecule has 4 rings (SSSR count). The van der Waals surface area contributed by atoms with Crippen molar-refractivity contribution in [3.63, 3.8) is 0 Å². The molecule has 0 spiro atoms. The number of benzene rings is 2. The van der Waals surface area contributed by atoms with Gasteiger partial charge in [0.25, 0.3) is 5.91 Å². The summed E-state index contributed by atoms with van der Waals surface area (Å²) in [6.07, 6.45) is 8.56. The second-order valence-corrected chi connectivity index (χ2v) is 8.39. The van der Waals surface area contributed by atoms with Crippen LogP contribution in [0.1, 0.15) is 64.9 Å². The van der Waals surface area contributed by atoms with Crippen LogP contribution in [0.3, 0.4) is 0 Å². The number of carbonyl (C=O) groups excluding carboxylic acids is 3. The zero-order valence-electron chi connectivity index (χ0n) is 18.7. The molecule has 2 aromatic heterocycles. The fraction of sp³-hybridized carbons (Fsp3) is 0.296. The predicted octanol–water partition coefficient (Wildman–Crippen LogP) is 5.34. The Labute approximate surface area is 192 Å². The van der Waals surface area contributed by atoms with E-state index in [4.69, 9.17) is 0 Å². The van der Waals surface area contributed by atoms with Gasteiger partial charge < -0.3 is 20.1 Å². The second-order valence-electron chi connectivity index (χ2n) is 8.39. The van der Waals surface area contributed by atoms with Gasteiger partial charge in [0.1, 0.15) is 12.0 Å². The van der Waals surface area contributed by atoms with Crippen molar-refractivity contribution in [1.29, 1.82) is 0 Å². The number of ketones is 1. The number of aldehydes is 1. The number of Topliss-reactive ketones (excluding diaryl/α,β-unsaturated/α-hetero) is 1. The topological polar surface area (TPSA) is 94.8 Å². The van der Waals surface area contributed by atoms with Gasteiger partial charge in [-0.1, -0.05) is 36.8 Å². The molecule has 0 saturated carbocycles. The van der Waals surface area contributed by atoms with Crippen LogP contribution < -0.4 is 5.32 Å². The fourth-order valence-corrected chi connectivity index (χ4v) is 4.17. The summed E-state index contributed by atoms with van der Waals surface area (Å²) in [5, 5.41) is 5.03. The Hall–Kier alpha value is -3.67. The molecular formula is C27H29N3O3. The molecule has 0 saturated heterocycles. The van der Waals surface area contributed by atoms with Gasteiger partial charge >= 0.3 is 0 Å². The Bertz CT molecular complexity index is 1240. The lowest BCUT2D eigenvalue weighted by molar-refractivity contribution is -0.107. The van der Waals surface area contributed by atoms with Crippen LogP contribution >= 0.6 is 0 Å². The van der Waals surface area contributed by atoms with Gasteiger partial charge in [0.2, 0.25) is 0 Å². The van der Waals surface area contributed by atoms with Crippen molar-refractivity contribution in [2.24, 2.45) is 0 Å². The maximum atomic E-state index is 12.6. The maximum absolute atomic E-state index is 12.6. The molecule has 0 radical (unpaired) electrons. The first-order valence-corrected chi connectivity index (χ1v) is 11.6. The van der Waals surface area contributed by atoms with Crippen LogP contribution in [0.4, 0.5) is 0 Å². The molecule has 0 aliphatic rings. The van der Waals surface area contributed by atoms with Gasteiger partial charge in [-0.2, -0.15) is 0 Å². The summed E-state index contributed by atoms with van der Waals surface area (Å²) in [5.41, 5.74) is 4.35. The van der Waals surface area contributed by atoms with Crippen LogP contribution in [0, 0.1) is 0 Å². The first kappa shape index (κ1) is 22.5. The monoisotopic (exact) mass is 443 g/mol. The fourth-order valence-electron chi connectivity index (χ4n) is 4.17. The number of unbranched alkanes of at least 4 members (excludes halogenated alkanes) is 3. The minimum Gasteiger partial charge on any atom is -0.361 e. The number of carbonyl (C=O) groups is 3. The summed E-state index contributed by atoms with van der Waals surface area (Å²) < 4.78 is 0. The SMILES string of the molecule is O=CCCCCCc1c[nH]c2cc(C(=O)CCCNC(=O)c3cc4ccccc4[nH]3)ccc12. The summed E-state index contributed by atoms with van der Waals surface area (Å²) in [6, 6.07) is 15.4. The maximum Gasteiger partial charge on any atom is 0.267 e. The first-order chi connectivity index (χ1) is 16.2. The smallest absolute Gasteiger partial charge is 0.267 e. The summed E-state index contributed by atoms with van der Waals surface area (Å²) in [6.45, 7) is 0.443. The van der Waals surface area contributed by atoms with E-state index in [-0.39, 0.29) is 11.7 Å². The van der Waals surface area contributed by atoms with E-state index in [1.165, 1.54) is 5.56 Å². The minimum absolute atomic E-state index is 0.0711. The van der Waals surface area contributed by atoms with Gasteiger partial charge in [0, 0.05) is 53.0 Å². The molecule has 33 heavy (non-hydrogen) atoms. The molecule has 170 valence electrons. The Morgan fingerprint density at radius 3 is 2.67 bits per heavy atom. The summed E-state index contributed by atoms with van der Waals surface area (Å²) >= 11 is 0. The van der Waals surface area contributed by atoms with Gasteiger partial charge in [0.15, 0.2) is 5.78 Å². The average Bonchev–Trinajstić information content (AvgIpc) is 3.45. The molecular weight excluding hydrogens is 414 g/mol. The number of rotatable bonds is 12. The summed E-state index contributed by atoms with van der Waals surface area (Å²) in [7, 11) is 0. The number of hydrogen-bond acceptors (Lipinski definition) is 3. The van der Waals surface area contributed by atoms with Crippen molar-refractivity contribution >= 4 is 39.8 Å². The molecule has 0 aliphatic carbocycles. The van der Waals surface area contributed by atoms with Crippen molar-refractivity contribution in [2.45, 2.75) is 44.9 Å². The number of aromatic nitrogens is 2. The van der Waals surface area contributed by atoms with Crippen molar-refractivity contribution < 1.29 is 14.4 Å². The molecule has 2 aromatic carbocycles. The third-order valence-electron chi connectivity index (χ3n) is 6.00. The van der Waals surface area contributed by atoms with Gasteiger partial charge in [-0.3, -0.25) is 9.59 Å². The highest BCUT2D eigenvalue weighted by molar-refractivity contribution is 6.00. The molecule has 4 aromatic rings. The van der Waals surface area contributed by atoms with E-state index < -0.39 is 0 Å². The normalized spacial score (nSPS) is 11.2. The molecule has 2 heterocycles. The number of fused-ring (bicyclic) bond motifs is 2. The Morgan fingerprint density at radius 2 is 1.82 bits per heavy atom. The van der Waals surface area contributed by atoms with E-state index in [0.29, 0.717) is 37.1 Å². The molecule has 0 unspecified atom stereocenters. The van der Waals surface area contributed by atoms with Crippen LogP contribution in [-0.2, 0) is 11.2 Å². The Balaban J connectivity index is 1.25. The quantitative estimate of drug-likeness (QED) is 0.157. The number of nitrogens with one attached hydrogen (secondary N) is 3. The van der Waals surface area contributed by atoms with E-state index in [9.17, 15) is 14.4 Å². The molecule has 6 nitrogen and oxygen atoms in total. The van der Waals surface area contributed by atoms with E-state index in [1.54, 1.807) is 0 Å². The number of hydrogen-bond donors (Lipinski definition) is 3. The number of aromatic amines is 2. The molecule has 0 fully saturated rings. The molecule has 6 heteroatoms. The van der Waals surface area contributed by atoms with Crippen LogP contribution in [0.5, 0.6) is 0 Å². The van der Waals surface area contributed by atoms with E-state index in [1.807, 2.05) is 54.7 Å². The zero-order valence-corrected chi connectivity index (χ0v) is 18.7. The predicted molar refractivity (Wildman–Crippen MR) is 131 cm³/mol. The molecule has 1 amide bonds. The summed E-state index contributed by atoms with van der Waals surface area (Å²) in [5.74, 6) is -0.0908. The van der Waals surface area contributed by atoms with Gasteiger partial charge in [-0.05, 0) is 49.4 Å². The van der Waals surface area contributed by atoms with E-state index >= 15 is 0 Å². The molecule has 0 atom stereocenters. The molecule has 0 aliphatic heterocycles. The van der Waals surface area contributed by atoms with Crippen molar-refractivity contribution in [3.05, 3.63) is 71.5 Å². The lowest BCUT2D eigenvalue weighted by atomic mass is 10.0. The van der Waals surface area contributed by atoms with Gasteiger partial charge in [-0.25, -0.2) is 0 Å². The van der Waals surface area contributed by atoms with Gasteiger partial charge in [-0.15, -0.1) is 0 Å². The number of H-pyrrole nitrogens is 2. The van der Waals surface area contributed by atoms with Crippen LogP contribution in [0.25, 0.3) is 21.8 Å². The van der Waals surface area contributed by atoms with E-state index in [2.05, 4.69) is 15.3 Å². The van der Waals surface area contributed by atoms with Crippen LogP contribution in [0.2, 0.25) is 0 Å². The lowest BCUT2D eigenvalue weighted by Gasteiger charge is -2.05. The highest BCUT2D eigenvalue weighted by Crippen LogP contribution is 2.22. The number of amides is 1. The highest BCUT2D eigenvalue weighted by Gasteiger charge is 2.11. The van der Waals surface area contributed by atoms with Crippen molar-refractivity contribution in [3.8, 4) is 0 Å². The van der Waals surface area contributed by atoms with E-state index in [0.717, 1.165) is 53.8 Å². The highest BCUT2D eigenvalue weighted by atomic mass is 16.2. The molecule has 0 bridgehead atoms. The Kier molecular flexibility index (Phi) is 7.35. The average molecular weight is 444 g/mol. The standard InChI is InChI=1S/C27H29N3O3/c31-15-6-2-1-3-9-21-18-29-24-17-20(12-13-22(21)24)26(32)11-7-14-28-27(33)25-16-19-8-4-5-10-23(19)30-25/h4-5,8,10,12-13,15-18,29-30H,1-3,6-7,9,11,14H2,(H,28,33). The van der Waals surface area contributed by atoms with Crippen molar-refractivity contribution in [1.82, 2.24) is 15.3 Å². The van der Waals surface area contributed by atoms with Gasteiger partial charge in [0.05, 0.1) is 0 Å². The zero-order chi connectivity index (χ0) is 23.0. The minimum atomic E-state index is -0.162. The van der Waals surface area contributed by atoms with Crippen LogP contribution in [0.15, 0.2) is 54.7 Å². The third kappa shape index (κ3) is 5.58. The lowest BCUT2D eigenvalue weighted by Crippen LogP contribution is -2.25. The van der Waals surface area contributed by atoms with Crippen LogP contribution in [-0.4, -0.2) is 34.5 Å². The third-order valence-corrected chi connectivity index (χ3v) is 6.00. The largest absolute Gasteiger partial charge is 0.361 e. The summed E-state index contributed by atoms with van der Waals surface area (Å²) in [4.78, 5) is 41.8. The second kappa shape index (κ2) is 10.8. The molecule has 3 N–H and O–H groups in total. The first-order valence-electron chi connectivity index (χ1n) is 11.6. The number of aryl methyl sites for hydroxylation is 1. The van der Waals surface area contributed by atoms with Crippen molar-refractivity contribution in [2.75, 3.05) is 6.54 Å². The Morgan fingerprint density at radius 1 is 0.939 bits per heavy atom. The number of para-hydroxylation sites is 1.